The third-order valence-electron chi connectivity index (χ3n) is 2.78. The van der Waals surface area contributed by atoms with Crippen LogP contribution in [0, 0.1) is 10.1 Å². The zero-order valence-electron chi connectivity index (χ0n) is 8.46. The highest BCUT2D eigenvalue weighted by Gasteiger charge is 2.35. The number of rotatable bonds is 2. The van der Waals surface area contributed by atoms with Gasteiger partial charge in [-0.15, -0.1) is 0 Å². The van der Waals surface area contributed by atoms with Crippen LogP contribution in [-0.4, -0.2) is 14.3 Å². The summed E-state index contributed by atoms with van der Waals surface area (Å²) >= 11 is 0. The van der Waals surface area contributed by atoms with E-state index >= 15 is 0 Å². The lowest BCUT2D eigenvalue weighted by Gasteiger charge is -1.97. The number of pyridine rings is 1. The van der Waals surface area contributed by atoms with Gasteiger partial charge < -0.3 is 15.8 Å². The first kappa shape index (κ1) is 9.14. The average Bonchev–Trinajstić information content (AvgIpc) is 3.00. The molecule has 0 amide bonds. The fourth-order valence-electron chi connectivity index (χ4n) is 1.87. The van der Waals surface area contributed by atoms with Gasteiger partial charge in [0.1, 0.15) is 5.52 Å². The molecule has 0 aliphatic heterocycles. The number of aromatic nitrogens is 2. The molecule has 1 fully saturated rings. The summed E-state index contributed by atoms with van der Waals surface area (Å²) in [6.45, 7) is 0. The fraction of sp³-hybridized carbons (Fsp3) is 0.300. The van der Waals surface area contributed by atoms with Gasteiger partial charge in [-0.1, -0.05) is 0 Å². The lowest BCUT2D eigenvalue weighted by molar-refractivity contribution is -0.387. The molecule has 2 N–H and O–H groups in total. The molecule has 0 radical (unpaired) electrons. The first-order valence-corrected chi connectivity index (χ1v) is 5.08. The Bertz CT molecular complexity index is 586. The van der Waals surface area contributed by atoms with Crippen LogP contribution in [0.4, 0.5) is 11.5 Å². The summed E-state index contributed by atoms with van der Waals surface area (Å²) in [5.41, 5.74) is 6.78. The van der Waals surface area contributed by atoms with Gasteiger partial charge in [0.25, 0.3) is 0 Å². The van der Waals surface area contributed by atoms with Crippen molar-refractivity contribution in [1.29, 1.82) is 0 Å². The number of fused-ring (bicyclic) bond motifs is 1. The van der Waals surface area contributed by atoms with Gasteiger partial charge in [0.05, 0.1) is 0 Å². The maximum atomic E-state index is 10.9. The zero-order chi connectivity index (χ0) is 11.3. The van der Waals surface area contributed by atoms with Crippen molar-refractivity contribution in [2.75, 3.05) is 5.73 Å². The number of hydrogen-bond donors (Lipinski definition) is 1. The summed E-state index contributed by atoms with van der Waals surface area (Å²) in [5, 5.41) is 10.9. The number of nitrogen functional groups attached to an aromatic ring is 1. The van der Waals surface area contributed by atoms with Crippen molar-refractivity contribution in [1.82, 2.24) is 9.38 Å². The second-order valence-electron chi connectivity index (χ2n) is 4.04. The molecule has 0 bridgehead atoms. The molecule has 2 aromatic heterocycles. The van der Waals surface area contributed by atoms with Crippen molar-refractivity contribution in [3.8, 4) is 0 Å². The molecule has 2 aromatic rings. The summed E-state index contributed by atoms with van der Waals surface area (Å²) < 4.78 is 1.74. The predicted molar refractivity (Wildman–Crippen MR) is 58.2 cm³/mol. The second kappa shape index (κ2) is 2.94. The van der Waals surface area contributed by atoms with Gasteiger partial charge in [-0.2, -0.15) is 0 Å². The highest BCUT2D eigenvalue weighted by molar-refractivity contribution is 5.65. The van der Waals surface area contributed by atoms with E-state index in [2.05, 4.69) is 4.98 Å². The molecular formula is C10H10N4O2. The Kier molecular flexibility index (Phi) is 1.68. The number of anilines is 1. The molecule has 0 saturated heterocycles. The Balaban J connectivity index is 2.32. The van der Waals surface area contributed by atoms with Gasteiger partial charge in [0.2, 0.25) is 5.82 Å². The van der Waals surface area contributed by atoms with Gasteiger partial charge in [0.15, 0.2) is 0 Å². The molecule has 3 rings (SSSR count). The Morgan fingerprint density at radius 1 is 1.50 bits per heavy atom. The lowest BCUT2D eigenvalue weighted by atomic mass is 10.3. The molecule has 2 heterocycles. The van der Waals surface area contributed by atoms with Crippen molar-refractivity contribution in [2.45, 2.75) is 18.8 Å². The number of hydrogen-bond acceptors (Lipinski definition) is 4. The van der Waals surface area contributed by atoms with E-state index in [1.54, 1.807) is 22.7 Å². The number of imidazole rings is 1. The molecule has 1 saturated carbocycles. The van der Waals surface area contributed by atoms with Crippen molar-refractivity contribution >= 4 is 17.0 Å². The first-order chi connectivity index (χ1) is 7.66. The van der Waals surface area contributed by atoms with Gasteiger partial charge in [-0.25, -0.2) is 0 Å². The molecule has 0 aromatic carbocycles. The molecule has 6 heteroatoms. The van der Waals surface area contributed by atoms with Gasteiger partial charge in [-0.3, -0.25) is 4.40 Å². The molecule has 1 aliphatic carbocycles. The van der Waals surface area contributed by atoms with E-state index in [0.29, 0.717) is 17.1 Å². The fourth-order valence-corrected chi connectivity index (χ4v) is 1.87. The van der Waals surface area contributed by atoms with Crippen LogP contribution in [0.3, 0.4) is 0 Å². The van der Waals surface area contributed by atoms with Crippen LogP contribution >= 0.6 is 0 Å². The maximum Gasteiger partial charge on any atom is 0.389 e. The Morgan fingerprint density at radius 3 is 2.88 bits per heavy atom. The standard InChI is InChI=1S/C10H10N4O2/c11-7-3-4-8-10(14(15)16)12-9(6-1-2-6)13(8)5-7/h3-6H,1-2,11H2. The lowest BCUT2D eigenvalue weighted by Crippen LogP contribution is -1.94. The van der Waals surface area contributed by atoms with Crippen molar-refractivity contribution in [3.05, 3.63) is 34.3 Å². The minimum Gasteiger partial charge on any atom is -0.398 e. The van der Waals surface area contributed by atoms with Crippen LogP contribution in [0.1, 0.15) is 24.6 Å². The van der Waals surface area contributed by atoms with Crippen LogP contribution in [0.5, 0.6) is 0 Å². The summed E-state index contributed by atoms with van der Waals surface area (Å²) in [5.74, 6) is 1.03. The molecule has 6 nitrogen and oxygen atoms in total. The Labute approximate surface area is 90.9 Å². The van der Waals surface area contributed by atoms with E-state index < -0.39 is 4.92 Å². The van der Waals surface area contributed by atoms with Crippen LogP contribution < -0.4 is 5.73 Å². The summed E-state index contributed by atoms with van der Waals surface area (Å²) in [7, 11) is 0. The van der Waals surface area contributed by atoms with Gasteiger partial charge in [-0.05, 0) is 34.9 Å². The third kappa shape index (κ3) is 1.23. The maximum absolute atomic E-state index is 10.9. The SMILES string of the molecule is Nc1ccc2c([N+](=O)[O-])nc(C3CC3)n2c1. The van der Waals surface area contributed by atoms with Crippen LogP contribution in [0.15, 0.2) is 18.3 Å². The predicted octanol–water partition coefficient (Wildman–Crippen LogP) is 1.70. The number of nitrogens with two attached hydrogens (primary N) is 1. The number of nitro groups is 1. The van der Waals surface area contributed by atoms with Gasteiger partial charge in [0, 0.05) is 17.8 Å². The molecule has 82 valence electrons. The van der Waals surface area contributed by atoms with Crippen molar-refractivity contribution < 1.29 is 4.92 Å². The highest BCUT2D eigenvalue weighted by Crippen LogP contribution is 2.41. The Hall–Kier alpha value is -2.11. The second-order valence-corrected chi connectivity index (χ2v) is 4.04. The van der Waals surface area contributed by atoms with Crippen LogP contribution in [0.25, 0.3) is 5.52 Å². The van der Waals surface area contributed by atoms with Crippen molar-refractivity contribution in [3.63, 3.8) is 0 Å². The van der Waals surface area contributed by atoms with E-state index in [1.807, 2.05) is 0 Å². The number of nitrogens with zero attached hydrogens (tertiary/aromatic N) is 3. The monoisotopic (exact) mass is 218 g/mol. The molecule has 1 aliphatic rings. The van der Waals surface area contributed by atoms with E-state index in [0.717, 1.165) is 18.7 Å². The third-order valence-corrected chi connectivity index (χ3v) is 2.78. The largest absolute Gasteiger partial charge is 0.398 e. The topological polar surface area (TPSA) is 86.5 Å². The average molecular weight is 218 g/mol. The molecular weight excluding hydrogens is 208 g/mol. The van der Waals surface area contributed by atoms with E-state index in [4.69, 9.17) is 5.73 Å². The quantitative estimate of drug-likeness (QED) is 0.614. The minimum absolute atomic E-state index is 0.0816. The summed E-state index contributed by atoms with van der Waals surface area (Å²) in [4.78, 5) is 14.5. The van der Waals surface area contributed by atoms with E-state index in [9.17, 15) is 10.1 Å². The zero-order valence-corrected chi connectivity index (χ0v) is 8.46. The highest BCUT2D eigenvalue weighted by atomic mass is 16.6. The van der Waals surface area contributed by atoms with Crippen LogP contribution in [-0.2, 0) is 0 Å². The van der Waals surface area contributed by atoms with Gasteiger partial charge >= 0.3 is 5.82 Å². The molecule has 0 atom stereocenters. The van der Waals surface area contributed by atoms with Crippen LogP contribution in [0.2, 0.25) is 0 Å². The summed E-state index contributed by atoms with van der Waals surface area (Å²) in [6, 6.07) is 3.30. The van der Waals surface area contributed by atoms with E-state index in [-0.39, 0.29) is 5.82 Å². The smallest absolute Gasteiger partial charge is 0.389 e. The molecule has 16 heavy (non-hydrogen) atoms. The normalized spacial score (nSPS) is 15.5. The minimum atomic E-state index is -0.447. The summed E-state index contributed by atoms with van der Waals surface area (Å²) in [6.07, 6.45) is 3.79. The Morgan fingerprint density at radius 2 is 2.25 bits per heavy atom. The van der Waals surface area contributed by atoms with Crippen molar-refractivity contribution in [2.24, 2.45) is 0 Å². The molecule has 0 unspecified atom stereocenters. The first-order valence-electron chi connectivity index (χ1n) is 5.08. The molecule has 0 spiro atoms. The van der Waals surface area contributed by atoms with E-state index in [1.165, 1.54) is 0 Å².